The molecule has 0 saturated carbocycles. The Morgan fingerprint density at radius 2 is 1.00 bits per heavy atom. The maximum absolute atomic E-state index is 12.6. The van der Waals surface area contributed by atoms with Gasteiger partial charge >= 0.3 is 253 Å². The molecular weight excluding hydrogens is 763 g/mol. The summed E-state index contributed by atoms with van der Waals surface area (Å²) in [5.41, 5.74) is 5.58. The fourth-order valence-electron chi connectivity index (χ4n) is 3.42. The van der Waals surface area contributed by atoms with Crippen molar-refractivity contribution >= 4 is 114 Å². The molecule has 0 unspecified atom stereocenters. The number of carbonyl (C=O) groups is 2. The van der Waals surface area contributed by atoms with Gasteiger partial charge in [0.2, 0.25) is 0 Å². The van der Waals surface area contributed by atoms with E-state index in [1.165, 1.54) is 22.7 Å². The number of benzene rings is 2. The van der Waals surface area contributed by atoms with Crippen LogP contribution in [-0.4, -0.2) is 27.8 Å². The maximum atomic E-state index is 12.6. The number of thiophene rings is 2. The Labute approximate surface area is 250 Å². The van der Waals surface area contributed by atoms with E-state index < -0.39 is 27.8 Å². The van der Waals surface area contributed by atoms with Crippen LogP contribution in [-0.2, 0) is 30.0 Å². The zero-order valence-corrected chi connectivity index (χ0v) is 26.9. The van der Waals surface area contributed by atoms with Crippen LogP contribution in [0.2, 0.25) is 0 Å². The van der Waals surface area contributed by atoms with Gasteiger partial charge in [-0.3, -0.25) is 0 Å². The molecule has 4 aromatic rings. The number of hydrogen-bond donors (Lipinski definition) is 0. The van der Waals surface area contributed by atoms with E-state index >= 15 is 0 Å². The van der Waals surface area contributed by atoms with E-state index in [0.717, 1.165) is 48.5 Å². The molecule has 0 radical (unpaired) electrons. The first-order valence-electron chi connectivity index (χ1n) is 10.1. The first-order valence-corrected chi connectivity index (χ1v) is 15.8. The molecule has 0 fully saturated rings. The van der Waals surface area contributed by atoms with Gasteiger partial charge in [-0.05, 0) is 0 Å². The number of hydrogen-bond acceptors (Lipinski definition) is 6. The van der Waals surface area contributed by atoms with Crippen LogP contribution in [0.3, 0.4) is 0 Å². The average Bonchev–Trinajstić information content (AvgIpc) is 3.27. The summed E-state index contributed by atoms with van der Waals surface area (Å²) in [7, 11) is 0. The van der Waals surface area contributed by atoms with Gasteiger partial charge in [0.1, 0.15) is 0 Å². The molecule has 4 rings (SSSR count). The predicted octanol–water partition coefficient (Wildman–Crippen LogP) is 8.60. The van der Waals surface area contributed by atoms with Crippen molar-refractivity contribution in [2.24, 2.45) is 0 Å². The predicted molar refractivity (Wildman–Crippen MR) is 156 cm³/mol. The third-order valence-electron chi connectivity index (χ3n) is 4.96. The normalized spacial score (nSPS) is 10.6. The van der Waals surface area contributed by atoms with Crippen LogP contribution in [0.5, 0.6) is 0 Å². The summed E-state index contributed by atoms with van der Waals surface area (Å²) in [6.45, 7) is 0. The van der Waals surface area contributed by atoms with Gasteiger partial charge in [-0.2, -0.15) is 0 Å². The Balaban J connectivity index is 1.37. The van der Waals surface area contributed by atoms with E-state index in [1.54, 1.807) is 0 Å². The first-order chi connectivity index (χ1) is 16.8. The van der Waals surface area contributed by atoms with E-state index in [4.69, 9.17) is 7.58 Å². The van der Waals surface area contributed by atoms with E-state index in [1.807, 2.05) is 60.7 Å². The Morgan fingerprint density at radius 3 is 1.37 bits per heavy atom. The molecule has 2 aromatic carbocycles. The van der Waals surface area contributed by atoms with Crippen molar-refractivity contribution in [1.29, 1.82) is 0 Å². The third kappa shape index (κ3) is 6.76. The molecule has 35 heavy (non-hydrogen) atoms. The van der Waals surface area contributed by atoms with Crippen LogP contribution < -0.4 is 0 Å². The second-order valence-corrected chi connectivity index (χ2v) is 15.1. The molecule has 0 bridgehead atoms. The number of halogens is 4. The Morgan fingerprint density at radius 1 is 0.629 bits per heavy atom. The zero-order chi connectivity index (χ0) is 24.9. The second kappa shape index (κ2) is 12.7. The van der Waals surface area contributed by atoms with Crippen LogP contribution in [0.25, 0.3) is 22.3 Å². The van der Waals surface area contributed by atoms with Crippen LogP contribution in [0.4, 0.5) is 0 Å². The third-order valence-corrected chi connectivity index (χ3v) is 11.0. The van der Waals surface area contributed by atoms with Crippen molar-refractivity contribution in [3.8, 4) is 22.3 Å². The average molecular weight is 777 g/mol. The molecule has 0 spiro atoms. The van der Waals surface area contributed by atoms with Crippen LogP contribution >= 0.6 is 86.4 Å². The van der Waals surface area contributed by atoms with Crippen molar-refractivity contribution in [3.05, 3.63) is 86.9 Å². The van der Waals surface area contributed by atoms with Gasteiger partial charge in [-0.15, -0.1) is 0 Å². The van der Waals surface area contributed by atoms with Crippen molar-refractivity contribution in [1.82, 2.24) is 0 Å². The zero-order valence-electron chi connectivity index (χ0n) is 17.7. The summed E-state index contributed by atoms with van der Waals surface area (Å²) >= 11 is 16.0. The van der Waals surface area contributed by atoms with Crippen LogP contribution in [0, 0.1) is 0 Å². The van der Waals surface area contributed by atoms with E-state index in [2.05, 4.69) is 63.7 Å². The molecule has 0 N–H and O–H groups in total. The molecule has 176 valence electrons. The van der Waals surface area contributed by atoms with E-state index in [-0.39, 0.29) is 12.8 Å². The Hall–Kier alpha value is -0.768. The van der Waals surface area contributed by atoms with Gasteiger partial charge < -0.3 is 0 Å². The van der Waals surface area contributed by atoms with E-state index in [0.29, 0.717) is 0 Å². The summed E-state index contributed by atoms with van der Waals surface area (Å²) in [6, 6.07) is 19.7. The van der Waals surface area contributed by atoms with Gasteiger partial charge in [0.15, 0.2) is 0 Å². The Bertz CT molecular complexity index is 1250. The summed E-state index contributed by atoms with van der Waals surface area (Å²) < 4.78 is 14.2. The van der Waals surface area contributed by atoms with Crippen molar-refractivity contribution in [3.63, 3.8) is 0 Å². The molecule has 0 aliphatic rings. The summed E-state index contributed by atoms with van der Waals surface area (Å²) in [4.78, 5) is 25.1. The SMILES string of the molecule is O=C(Cc1c(Br)sc(Br)c1-c1ccccc1)[O][Al+][O]C(=O)Cc1c(Br)sc(Br)c1-c1ccccc1. The summed E-state index contributed by atoms with van der Waals surface area (Å²) in [5, 5.41) is 0. The molecule has 0 amide bonds. The molecule has 0 saturated heterocycles. The van der Waals surface area contributed by atoms with Crippen LogP contribution in [0.15, 0.2) is 75.8 Å². The molecule has 0 atom stereocenters. The standard InChI is InChI=1S/2C12H8Br2O2S.Al/c2*13-11-8(6-9(15)16)10(12(14)17-11)7-4-2-1-3-5-7;/h2*1-5H,6H2,(H,15,16);/q;;+3/p-2. The fraction of sp³-hybridized carbons (Fsp3) is 0.0833. The second-order valence-electron chi connectivity index (χ2n) is 7.17. The Kier molecular flexibility index (Phi) is 9.86. The fourth-order valence-corrected chi connectivity index (χ4v) is 10.3. The number of rotatable bonds is 8. The minimum atomic E-state index is -1.27. The van der Waals surface area contributed by atoms with Gasteiger partial charge in [0, 0.05) is 0 Å². The molecule has 0 aliphatic carbocycles. The van der Waals surface area contributed by atoms with Gasteiger partial charge in [-0.1, -0.05) is 0 Å². The summed E-state index contributed by atoms with van der Waals surface area (Å²) in [6.07, 6.45) is 0.136. The molecule has 2 heterocycles. The molecular formula is C24H14AlBr4O4S2+. The molecule has 0 aliphatic heterocycles. The van der Waals surface area contributed by atoms with Crippen molar-refractivity contribution in [2.45, 2.75) is 12.8 Å². The minimum absolute atomic E-state index is 0.0681. The van der Waals surface area contributed by atoms with E-state index in [9.17, 15) is 9.59 Å². The van der Waals surface area contributed by atoms with Crippen molar-refractivity contribution < 1.29 is 17.2 Å². The molecule has 2 aromatic heterocycles. The molecule has 11 heteroatoms. The van der Waals surface area contributed by atoms with Crippen LogP contribution in [0.1, 0.15) is 11.1 Å². The van der Waals surface area contributed by atoms with Gasteiger partial charge in [0.25, 0.3) is 0 Å². The van der Waals surface area contributed by atoms with Crippen molar-refractivity contribution in [2.75, 3.05) is 0 Å². The quantitative estimate of drug-likeness (QED) is 0.168. The summed E-state index contributed by atoms with van der Waals surface area (Å²) in [5.74, 6) is -0.888. The monoisotopic (exact) mass is 773 g/mol. The van der Waals surface area contributed by atoms with Gasteiger partial charge in [0.05, 0.1) is 0 Å². The molecule has 4 nitrogen and oxygen atoms in total. The topological polar surface area (TPSA) is 52.6 Å². The number of carbonyl (C=O) groups excluding carboxylic acids is 2. The first kappa shape index (κ1) is 27.3. The van der Waals surface area contributed by atoms with Gasteiger partial charge in [-0.25, -0.2) is 0 Å².